The highest BCUT2D eigenvalue weighted by atomic mass is 31.2. The van der Waals surface area contributed by atoms with Gasteiger partial charge in [0.05, 0.1) is 5.60 Å². The zero-order valence-corrected chi connectivity index (χ0v) is 7.61. The van der Waals surface area contributed by atoms with E-state index in [-0.39, 0.29) is 0 Å². The first kappa shape index (κ1) is 10.1. The quantitative estimate of drug-likeness (QED) is 0.605. The number of hydrogen-bond donors (Lipinski definition) is 2. The minimum atomic E-state index is -3.54. The molecule has 62 valence electrons. The van der Waals surface area contributed by atoms with Crippen LogP contribution < -0.4 is 5.09 Å². The molecule has 2 N–H and O–H groups in total. The second kappa shape index (κ2) is 3.01. The van der Waals surface area contributed by atoms with E-state index >= 15 is 0 Å². The predicted octanol–water partition coefficient (Wildman–Crippen LogP) is 1.12. The van der Waals surface area contributed by atoms with Gasteiger partial charge in [-0.3, -0.25) is 4.52 Å². The Balaban J connectivity index is 4.03. The molecule has 0 bridgehead atoms. The van der Waals surface area contributed by atoms with Gasteiger partial charge in [0.1, 0.15) is 0 Å². The van der Waals surface area contributed by atoms with Crippen LogP contribution in [0.15, 0.2) is 0 Å². The second-order valence-electron chi connectivity index (χ2n) is 2.95. The molecule has 0 rings (SSSR count). The van der Waals surface area contributed by atoms with Crippen LogP contribution in [0.5, 0.6) is 0 Å². The summed E-state index contributed by atoms with van der Waals surface area (Å²) in [6.45, 7) is 5.15. The van der Waals surface area contributed by atoms with Crippen LogP contribution in [-0.2, 0) is 9.09 Å². The van der Waals surface area contributed by atoms with Crippen LogP contribution in [-0.4, -0.2) is 17.5 Å². The van der Waals surface area contributed by atoms with Crippen molar-refractivity contribution < 1.29 is 14.0 Å². The molecule has 5 heteroatoms. The van der Waals surface area contributed by atoms with Crippen molar-refractivity contribution in [3.63, 3.8) is 0 Å². The lowest BCUT2D eigenvalue weighted by molar-refractivity contribution is 0.108. The maximum atomic E-state index is 10.8. The van der Waals surface area contributed by atoms with E-state index in [2.05, 4.69) is 5.09 Å². The van der Waals surface area contributed by atoms with Gasteiger partial charge in [-0.25, -0.2) is 9.65 Å². The molecular formula is C5H14NO3P. The fraction of sp³-hybridized carbons (Fsp3) is 1.00. The Morgan fingerprint density at radius 1 is 1.50 bits per heavy atom. The highest BCUT2D eigenvalue weighted by Gasteiger charge is 2.24. The van der Waals surface area contributed by atoms with Gasteiger partial charge in [-0.15, -0.1) is 0 Å². The van der Waals surface area contributed by atoms with Crippen LogP contribution in [0.3, 0.4) is 0 Å². The van der Waals surface area contributed by atoms with Crippen molar-refractivity contribution in [3.8, 4) is 0 Å². The van der Waals surface area contributed by atoms with Gasteiger partial charge >= 0.3 is 7.75 Å². The summed E-state index contributed by atoms with van der Waals surface area (Å²) in [4.78, 5) is 8.88. The molecule has 0 radical (unpaired) electrons. The third-order valence-corrected chi connectivity index (χ3v) is 2.04. The first-order valence-electron chi connectivity index (χ1n) is 2.99. The zero-order valence-electron chi connectivity index (χ0n) is 6.71. The van der Waals surface area contributed by atoms with Gasteiger partial charge in [-0.1, -0.05) is 0 Å². The number of hydrogen-bond acceptors (Lipinski definition) is 2. The van der Waals surface area contributed by atoms with Crippen molar-refractivity contribution in [3.05, 3.63) is 0 Å². The molecule has 0 aliphatic heterocycles. The summed E-state index contributed by atoms with van der Waals surface area (Å²) in [7, 11) is -2.16. The molecule has 0 aliphatic rings. The van der Waals surface area contributed by atoms with Crippen molar-refractivity contribution >= 4 is 7.75 Å². The van der Waals surface area contributed by atoms with Gasteiger partial charge in [-0.2, -0.15) is 0 Å². The normalized spacial score (nSPS) is 18.5. The lowest BCUT2D eigenvalue weighted by Gasteiger charge is -2.22. The Labute approximate surface area is 61.2 Å². The molecule has 0 saturated heterocycles. The smallest absolute Gasteiger partial charge is 0.312 e. The molecule has 0 saturated carbocycles. The monoisotopic (exact) mass is 167 g/mol. The summed E-state index contributed by atoms with van der Waals surface area (Å²) in [6, 6.07) is 0. The van der Waals surface area contributed by atoms with Crippen LogP contribution in [0.4, 0.5) is 0 Å². The van der Waals surface area contributed by atoms with Crippen LogP contribution in [0.2, 0.25) is 0 Å². The lowest BCUT2D eigenvalue weighted by Crippen LogP contribution is -2.21. The summed E-state index contributed by atoms with van der Waals surface area (Å²) in [5, 5.41) is 2.19. The molecular weight excluding hydrogens is 153 g/mol. The summed E-state index contributed by atoms with van der Waals surface area (Å²) in [5.41, 5.74) is -0.590. The van der Waals surface area contributed by atoms with E-state index < -0.39 is 13.3 Å². The molecule has 1 atom stereocenters. The average Bonchev–Trinajstić information content (AvgIpc) is 1.60. The minimum Gasteiger partial charge on any atom is -0.312 e. The fourth-order valence-electron chi connectivity index (χ4n) is 0.417. The van der Waals surface area contributed by atoms with Crippen LogP contribution in [0.25, 0.3) is 0 Å². The predicted molar refractivity (Wildman–Crippen MR) is 39.7 cm³/mol. The maximum absolute atomic E-state index is 10.8. The largest absolute Gasteiger partial charge is 0.403 e. The summed E-state index contributed by atoms with van der Waals surface area (Å²) in [5.74, 6) is 0. The lowest BCUT2D eigenvalue weighted by atomic mass is 10.2. The van der Waals surface area contributed by atoms with Crippen LogP contribution in [0.1, 0.15) is 20.8 Å². The molecule has 0 aromatic carbocycles. The van der Waals surface area contributed by atoms with Gasteiger partial charge in [0.2, 0.25) is 0 Å². The van der Waals surface area contributed by atoms with E-state index in [1.54, 1.807) is 20.8 Å². The Hall–Kier alpha value is 0.110. The van der Waals surface area contributed by atoms with Crippen LogP contribution >= 0.6 is 7.75 Å². The number of nitrogens with one attached hydrogen (secondary N) is 1. The summed E-state index contributed by atoms with van der Waals surface area (Å²) >= 11 is 0. The summed E-state index contributed by atoms with van der Waals surface area (Å²) < 4.78 is 15.6. The minimum absolute atomic E-state index is 0.590. The maximum Gasteiger partial charge on any atom is 0.403 e. The Kier molecular flexibility index (Phi) is 3.04. The summed E-state index contributed by atoms with van der Waals surface area (Å²) in [6.07, 6.45) is 0. The molecule has 1 unspecified atom stereocenters. The highest BCUT2D eigenvalue weighted by Crippen LogP contribution is 2.40. The standard InChI is InChI=1S/C5H14NO3P/c1-5(2,3)9-10(7,8)6-4/h1-4H3,(H2,6,7,8). The second-order valence-corrected chi connectivity index (χ2v) is 4.62. The van der Waals surface area contributed by atoms with Crippen molar-refractivity contribution in [1.29, 1.82) is 0 Å². The van der Waals surface area contributed by atoms with E-state index in [9.17, 15) is 4.57 Å². The van der Waals surface area contributed by atoms with E-state index in [1.165, 1.54) is 7.05 Å². The molecule has 4 nitrogen and oxygen atoms in total. The highest BCUT2D eigenvalue weighted by molar-refractivity contribution is 7.50. The molecule has 0 spiro atoms. The molecule has 0 aliphatic carbocycles. The Bertz CT molecular complexity index is 151. The third kappa shape index (κ3) is 4.94. The van der Waals surface area contributed by atoms with Gasteiger partial charge in [-0.05, 0) is 27.8 Å². The van der Waals surface area contributed by atoms with Gasteiger partial charge in [0.15, 0.2) is 0 Å². The van der Waals surface area contributed by atoms with E-state index in [1.807, 2.05) is 0 Å². The third-order valence-electron chi connectivity index (χ3n) is 0.680. The first-order valence-corrected chi connectivity index (χ1v) is 4.57. The SMILES string of the molecule is CNP(=O)(O)OC(C)(C)C. The molecule has 0 heterocycles. The van der Waals surface area contributed by atoms with Gasteiger partial charge in [0, 0.05) is 0 Å². The van der Waals surface area contributed by atoms with E-state index in [4.69, 9.17) is 9.42 Å². The average molecular weight is 167 g/mol. The molecule has 0 fully saturated rings. The molecule has 0 amide bonds. The van der Waals surface area contributed by atoms with E-state index in [0.29, 0.717) is 0 Å². The van der Waals surface area contributed by atoms with Crippen molar-refractivity contribution in [2.75, 3.05) is 7.05 Å². The van der Waals surface area contributed by atoms with Gasteiger partial charge in [0.25, 0.3) is 0 Å². The van der Waals surface area contributed by atoms with Crippen molar-refractivity contribution in [2.24, 2.45) is 0 Å². The molecule has 0 aromatic rings. The Morgan fingerprint density at radius 2 is 1.90 bits per heavy atom. The van der Waals surface area contributed by atoms with Crippen molar-refractivity contribution in [2.45, 2.75) is 26.4 Å². The molecule has 10 heavy (non-hydrogen) atoms. The first-order chi connectivity index (χ1) is 4.27. The topological polar surface area (TPSA) is 58.6 Å². The Morgan fingerprint density at radius 3 is 2.00 bits per heavy atom. The van der Waals surface area contributed by atoms with Crippen molar-refractivity contribution in [1.82, 2.24) is 5.09 Å². The van der Waals surface area contributed by atoms with Crippen LogP contribution in [0, 0.1) is 0 Å². The van der Waals surface area contributed by atoms with E-state index in [0.717, 1.165) is 0 Å². The fourth-order valence-corrected chi connectivity index (χ4v) is 1.25. The van der Waals surface area contributed by atoms with Gasteiger partial charge < -0.3 is 4.89 Å². The zero-order chi connectivity index (χ0) is 8.41. The molecule has 0 aromatic heterocycles. The number of rotatable bonds is 2.